The van der Waals surface area contributed by atoms with E-state index in [1.165, 1.54) is 17.0 Å². The molecule has 26 heavy (non-hydrogen) atoms. The Kier molecular flexibility index (Phi) is 4.15. The Morgan fingerprint density at radius 2 is 1.42 bits per heavy atom. The molecule has 0 fully saturated rings. The van der Waals surface area contributed by atoms with Gasteiger partial charge in [-0.3, -0.25) is 9.69 Å². The Labute approximate surface area is 150 Å². The molecule has 0 unspecified atom stereocenters. The minimum absolute atomic E-state index is 0.237. The quantitative estimate of drug-likeness (QED) is 0.637. The van der Waals surface area contributed by atoms with Crippen LogP contribution in [0.1, 0.15) is 11.1 Å². The first kappa shape index (κ1) is 16.0. The number of rotatable bonds is 3. The molecule has 3 aromatic carbocycles. The normalized spacial score (nSPS) is 15.4. The summed E-state index contributed by atoms with van der Waals surface area (Å²) in [4.78, 5) is 19.1. The van der Waals surface area contributed by atoms with Crippen molar-refractivity contribution in [2.45, 2.75) is 0 Å². The molecule has 0 spiro atoms. The van der Waals surface area contributed by atoms with Crippen molar-refractivity contribution in [1.82, 2.24) is 0 Å². The molecule has 1 aliphatic heterocycles. The van der Waals surface area contributed by atoms with E-state index < -0.39 is 0 Å². The SMILES string of the molecule is O=C1/C(=C\c2ccccc2)N=C(c2ccccc2)N1c1ccc(F)cc1. The first-order valence-corrected chi connectivity index (χ1v) is 8.23. The molecule has 3 nitrogen and oxygen atoms in total. The summed E-state index contributed by atoms with van der Waals surface area (Å²) in [5, 5.41) is 0. The van der Waals surface area contributed by atoms with Crippen molar-refractivity contribution in [2.24, 2.45) is 4.99 Å². The fraction of sp³-hybridized carbons (Fsp3) is 0. The highest BCUT2D eigenvalue weighted by atomic mass is 19.1. The number of anilines is 1. The molecule has 1 aliphatic rings. The van der Waals surface area contributed by atoms with Gasteiger partial charge in [0.15, 0.2) is 0 Å². The van der Waals surface area contributed by atoms with Crippen molar-refractivity contribution in [3.63, 3.8) is 0 Å². The fourth-order valence-electron chi connectivity index (χ4n) is 2.83. The predicted molar refractivity (Wildman–Crippen MR) is 101 cm³/mol. The van der Waals surface area contributed by atoms with Crippen molar-refractivity contribution in [3.05, 3.63) is 108 Å². The highest BCUT2D eigenvalue weighted by Gasteiger charge is 2.32. The Bertz CT molecular complexity index is 993. The molecule has 4 heteroatoms. The summed E-state index contributed by atoms with van der Waals surface area (Å²) in [6.45, 7) is 0. The predicted octanol–water partition coefficient (Wildman–Crippen LogP) is 4.66. The van der Waals surface area contributed by atoms with E-state index in [0.29, 0.717) is 17.2 Å². The molecule has 0 saturated heterocycles. The van der Waals surface area contributed by atoms with E-state index >= 15 is 0 Å². The van der Waals surface area contributed by atoms with Crippen LogP contribution < -0.4 is 4.90 Å². The topological polar surface area (TPSA) is 32.7 Å². The van der Waals surface area contributed by atoms with Crippen LogP contribution >= 0.6 is 0 Å². The van der Waals surface area contributed by atoms with Crippen LogP contribution in [0.3, 0.4) is 0 Å². The number of hydrogen-bond donors (Lipinski definition) is 0. The third kappa shape index (κ3) is 3.05. The standard InChI is InChI=1S/C22H15FN2O/c23-18-11-13-19(14-12-18)25-21(17-9-5-2-6-10-17)24-20(22(25)26)15-16-7-3-1-4-8-16/h1-15H/b20-15+. The summed E-state index contributed by atoms with van der Waals surface area (Å²) in [7, 11) is 0. The minimum atomic E-state index is -0.348. The second-order valence-electron chi connectivity index (χ2n) is 5.86. The van der Waals surface area contributed by atoms with Crippen LogP contribution in [0.15, 0.2) is 95.6 Å². The van der Waals surface area contributed by atoms with Gasteiger partial charge < -0.3 is 0 Å². The van der Waals surface area contributed by atoms with Crippen molar-refractivity contribution in [2.75, 3.05) is 4.90 Å². The van der Waals surface area contributed by atoms with Gasteiger partial charge in [0, 0.05) is 5.56 Å². The van der Waals surface area contributed by atoms with Gasteiger partial charge in [0.05, 0.1) is 5.69 Å². The third-order valence-electron chi connectivity index (χ3n) is 4.08. The van der Waals surface area contributed by atoms with E-state index in [2.05, 4.69) is 4.99 Å². The van der Waals surface area contributed by atoms with Crippen LogP contribution in [0.25, 0.3) is 6.08 Å². The number of carbonyl (C=O) groups excluding carboxylic acids is 1. The number of aliphatic imine (C=N–C) groups is 1. The summed E-state index contributed by atoms with van der Waals surface area (Å²) in [6, 6.07) is 24.9. The lowest BCUT2D eigenvalue weighted by molar-refractivity contribution is -0.113. The third-order valence-corrected chi connectivity index (χ3v) is 4.08. The maximum Gasteiger partial charge on any atom is 0.282 e. The zero-order valence-electron chi connectivity index (χ0n) is 13.8. The highest BCUT2D eigenvalue weighted by Crippen LogP contribution is 2.28. The molecule has 0 radical (unpaired) electrons. The second-order valence-corrected chi connectivity index (χ2v) is 5.86. The van der Waals surface area contributed by atoms with Crippen LogP contribution in [0, 0.1) is 5.82 Å². The van der Waals surface area contributed by atoms with Crippen LogP contribution in [-0.2, 0) is 4.79 Å². The Hall–Kier alpha value is -3.53. The maximum atomic E-state index is 13.3. The molecular formula is C22H15FN2O. The average molecular weight is 342 g/mol. The number of hydrogen-bond acceptors (Lipinski definition) is 2. The molecule has 0 bridgehead atoms. The van der Waals surface area contributed by atoms with Crippen molar-refractivity contribution >= 4 is 23.5 Å². The van der Waals surface area contributed by atoms with Gasteiger partial charge in [-0.1, -0.05) is 60.7 Å². The molecule has 1 amide bonds. The molecule has 0 N–H and O–H groups in total. The number of amides is 1. The highest BCUT2D eigenvalue weighted by molar-refractivity contribution is 6.33. The number of nitrogens with zero attached hydrogens (tertiary/aromatic N) is 2. The van der Waals surface area contributed by atoms with E-state index in [4.69, 9.17) is 0 Å². The Morgan fingerprint density at radius 3 is 2.08 bits per heavy atom. The fourth-order valence-corrected chi connectivity index (χ4v) is 2.83. The lowest BCUT2D eigenvalue weighted by atomic mass is 10.1. The first-order chi connectivity index (χ1) is 12.7. The molecule has 3 aromatic rings. The van der Waals surface area contributed by atoms with Gasteiger partial charge in [-0.05, 0) is 35.9 Å². The van der Waals surface area contributed by atoms with E-state index in [9.17, 15) is 9.18 Å². The van der Waals surface area contributed by atoms with Gasteiger partial charge in [-0.15, -0.1) is 0 Å². The summed E-state index contributed by atoms with van der Waals surface area (Å²) in [5.41, 5.74) is 2.64. The summed E-state index contributed by atoms with van der Waals surface area (Å²) in [6.07, 6.45) is 1.76. The van der Waals surface area contributed by atoms with Crippen molar-refractivity contribution in [3.8, 4) is 0 Å². The van der Waals surface area contributed by atoms with Gasteiger partial charge in [-0.25, -0.2) is 9.38 Å². The molecular weight excluding hydrogens is 327 g/mol. The average Bonchev–Trinajstić information content (AvgIpc) is 3.00. The molecule has 0 aromatic heterocycles. The lowest BCUT2D eigenvalue weighted by Crippen LogP contribution is -2.32. The van der Waals surface area contributed by atoms with Crippen molar-refractivity contribution in [1.29, 1.82) is 0 Å². The minimum Gasteiger partial charge on any atom is -0.266 e. The summed E-state index contributed by atoms with van der Waals surface area (Å²) < 4.78 is 13.3. The van der Waals surface area contributed by atoms with Gasteiger partial charge in [0.1, 0.15) is 17.3 Å². The molecule has 0 saturated carbocycles. The number of halogens is 1. The molecule has 1 heterocycles. The first-order valence-electron chi connectivity index (χ1n) is 8.23. The summed E-state index contributed by atoms with van der Waals surface area (Å²) in [5.74, 6) is -0.0534. The zero-order valence-corrected chi connectivity index (χ0v) is 13.8. The number of benzene rings is 3. The second kappa shape index (κ2) is 6.76. The number of carbonyl (C=O) groups is 1. The van der Waals surface area contributed by atoms with Crippen LogP contribution in [-0.4, -0.2) is 11.7 Å². The largest absolute Gasteiger partial charge is 0.282 e. The Balaban J connectivity index is 1.82. The van der Waals surface area contributed by atoms with Crippen LogP contribution in [0.2, 0.25) is 0 Å². The smallest absolute Gasteiger partial charge is 0.266 e. The van der Waals surface area contributed by atoms with Gasteiger partial charge in [0.2, 0.25) is 0 Å². The number of amidine groups is 1. The Morgan fingerprint density at radius 1 is 0.808 bits per heavy atom. The van der Waals surface area contributed by atoms with E-state index in [-0.39, 0.29) is 11.7 Å². The maximum absolute atomic E-state index is 13.3. The van der Waals surface area contributed by atoms with Gasteiger partial charge in [-0.2, -0.15) is 0 Å². The molecule has 4 rings (SSSR count). The molecule has 0 atom stereocenters. The van der Waals surface area contributed by atoms with Gasteiger partial charge in [0.25, 0.3) is 5.91 Å². The van der Waals surface area contributed by atoms with Crippen molar-refractivity contribution < 1.29 is 9.18 Å². The lowest BCUT2D eigenvalue weighted by Gasteiger charge is -2.18. The van der Waals surface area contributed by atoms with Crippen LogP contribution in [0.4, 0.5) is 10.1 Å². The van der Waals surface area contributed by atoms with Crippen LogP contribution in [0.5, 0.6) is 0 Å². The van der Waals surface area contributed by atoms with E-state index in [1.54, 1.807) is 18.2 Å². The monoisotopic (exact) mass is 342 g/mol. The van der Waals surface area contributed by atoms with Gasteiger partial charge >= 0.3 is 0 Å². The molecule has 0 aliphatic carbocycles. The van der Waals surface area contributed by atoms with E-state index in [1.807, 2.05) is 60.7 Å². The van der Waals surface area contributed by atoms with E-state index in [0.717, 1.165) is 11.1 Å². The summed E-state index contributed by atoms with van der Waals surface area (Å²) >= 11 is 0. The molecule has 126 valence electrons. The zero-order chi connectivity index (χ0) is 17.9.